The number of ether oxygens (including phenoxy) is 1. The van der Waals surface area contributed by atoms with Gasteiger partial charge in [0, 0.05) is 5.69 Å². The second-order valence-electron chi connectivity index (χ2n) is 5.24. The zero-order valence-electron chi connectivity index (χ0n) is 12.4. The first-order valence-electron chi connectivity index (χ1n) is 6.97. The monoisotopic (exact) mass is 296 g/mol. The summed E-state index contributed by atoms with van der Waals surface area (Å²) in [4.78, 5) is 13.3. The Morgan fingerprint density at radius 1 is 1.09 bits per heavy atom. The number of hydrogen-bond acceptors (Lipinski definition) is 5. The number of carbonyl (C=O) groups excluding carboxylic acids is 1. The standard InChI is InChI=1S/C16H16N4O2/c1-10(2)22-16(21)11-3-6-13(7-4-11)20-18-14-8-5-12(17)9-15(14)19-20/h3-10H,17H2,1-2H3. The number of nitrogens with zero attached hydrogens (tertiary/aromatic N) is 3. The summed E-state index contributed by atoms with van der Waals surface area (Å²) in [5.74, 6) is -0.340. The molecule has 0 aliphatic carbocycles. The smallest absolute Gasteiger partial charge is 0.338 e. The van der Waals surface area contributed by atoms with Gasteiger partial charge >= 0.3 is 5.97 Å². The highest BCUT2D eigenvalue weighted by Crippen LogP contribution is 2.16. The van der Waals surface area contributed by atoms with E-state index >= 15 is 0 Å². The average molecular weight is 296 g/mol. The van der Waals surface area contributed by atoms with Crippen LogP contribution in [0.2, 0.25) is 0 Å². The fourth-order valence-corrected chi connectivity index (χ4v) is 2.06. The van der Waals surface area contributed by atoms with Gasteiger partial charge in [0.25, 0.3) is 0 Å². The average Bonchev–Trinajstić information content (AvgIpc) is 2.89. The van der Waals surface area contributed by atoms with E-state index < -0.39 is 0 Å². The molecule has 0 fully saturated rings. The van der Waals surface area contributed by atoms with E-state index in [0.717, 1.165) is 16.7 Å². The van der Waals surface area contributed by atoms with Crippen LogP contribution in [0.15, 0.2) is 42.5 Å². The highest BCUT2D eigenvalue weighted by Gasteiger charge is 2.10. The minimum atomic E-state index is -0.340. The molecule has 2 N–H and O–H groups in total. The molecule has 1 aromatic heterocycles. The highest BCUT2D eigenvalue weighted by molar-refractivity contribution is 5.89. The van der Waals surface area contributed by atoms with Gasteiger partial charge in [-0.05, 0) is 56.3 Å². The van der Waals surface area contributed by atoms with Crippen molar-refractivity contribution < 1.29 is 9.53 Å². The van der Waals surface area contributed by atoms with Gasteiger partial charge in [0.05, 0.1) is 17.4 Å². The molecule has 0 radical (unpaired) electrons. The lowest BCUT2D eigenvalue weighted by Gasteiger charge is -2.08. The molecule has 2 aromatic carbocycles. The molecule has 0 bridgehead atoms. The number of rotatable bonds is 3. The number of aromatic nitrogens is 3. The fourth-order valence-electron chi connectivity index (χ4n) is 2.06. The summed E-state index contributed by atoms with van der Waals surface area (Å²) in [5, 5.41) is 8.76. The lowest BCUT2D eigenvalue weighted by molar-refractivity contribution is 0.0378. The van der Waals surface area contributed by atoms with Crippen LogP contribution in [0.5, 0.6) is 0 Å². The lowest BCUT2D eigenvalue weighted by atomic mass is 10.2. The minimum absolute atomic E-state index is 0.143. The fraction of sp³-hybridized carbons (Fsp3) is 0.188. The Morgan fingerprint density at radius 2 is 1.77 bits per heavy atom. The summed E-state index contributed by atoms with van der Waals surface area (Å²) in [5.41, 5.74) is 9.13. The van der Waals surface area contributed by atoms with Crippen LogP contribution in [0.4, 0.5) is 5.69 Å². The summed E-state index contributed by atoms with van der Waals surface area (Å²) in [7, 11) is 0. The SMILES string of the molecule is CC(C)OC(=O)c1ccc(-n2nc3ccc(N)cc3n2)cc1. The largest absolute Gasteiger partial charge is 0.459 e. The van der Waals surface area contributed by atoms with Crippen molar-refractivity contribution in [3.05, 3.63) is 48.0 Å². The van der Waals surface area contributed by atoms with Crippen LogP contribution in [0.25, 0.3) is 16.7 Å². The second-order valence-corrected chi connectivity index (χ2v) is 5.24. The van der Waals surface area contributed by atoms with E-state index in [9.17, 15) is 4.79 Å². The summed E-state index contributed by atoms with van der Waals surface area (Å²) >= 11 is 0. The van der Waals surface area contributed by atoms with Gasteiger partial charge in [-0.15, -0.1) is 10.2 Å². The molecule has 6 heteroatoms. The maximum Gasteiger partial charge on any atom is 0.338 e. The van der Waals surface area contributed by atoms with Gasteiger partial charge in [-0.3, -0.25) is 0 Å². The molecule has 0 unspecified atom stereocenters. The molecular weight excluding hydrogens is 280 g/mol. The van der Waals surface area contributed by atoms with E-state index in [1.807, 2.05) is 19.9 Å². The Morgan fingerprint density at radius 3 is 2.45 bits per heavy atom. The van der Waals surface area contributed by atoms with Crippen LogP contribution in [0, 0.1) is 0 Å². The number of esters is 1. The normalized spacial score (nSPS) is 11.0. The Bertz CT molecular complexity index is 822. The van der Waals surface area contributed by atoms with Crippen LogP contribution in [0.1, 0.15) is 24.2 Å². The Hall–Kier alpha value is -2.89. The summed E-state index contributed by atoms with van der Waals surface area (Å²) in [6.45, 7) is 3.63. The van der Waals surface area contributed by atoms with Crippen molar-refractivity contribution in [1.82, 2.24) is 15.0 Å². The molecule has 0 aliphatic heterocycles. The van der Waals surface area contributed by atoms with Gasteiger partial charge < -0.3 is 10.5 Å². The highest BCUT2D eigenvalue weighted by atomic mass is 16.5. The van der Waals surface area contributed by atoms with Crippen LogP contribution < -0.4 is 5.73 Å². The van der Waals surface area contributed by atoms with Gasteiger partial charge in [-0.1, -0.05) is 0 Å². The molecule has 22 heavy (non-hydrogen) atoms. The van der Waals surface area contributed by atoms with Crippen molar-refractivity contribution in [3.63, 3.8) is 0 Å². The molecule has 112 valence electrons. The molecule has 0 saturated heterocycles. The van der Waals surface area contributed by atoms with Crippen molar-refractivity contribution in [2.45, 2.75) is 20.0 Å². The molecule has 3 aromatic rings. The molecule has 0 spiro atoms. The first-order valence-corrected chi connectivity index (χ1v) is 6.97. The lowest BCUT2D eigenvalue weighted by Crippen LogP contribution is -2.11. The summed E-state index contributed by atoms with van der Waals surface area (Å²) in [6.07, 6.45) is -0.143. The molecule has 0 aliphatic rings. The van der Waals surface area contributed by atoms with E-state index in [2.05, 4.69) is 10.2 Å². The van der Waals surface area contributed by atoms with Gasteiger partial charge in [0.2, 0.25) is 0 Å². The predicted octanol–water partition coefficient (Wildman–Crippen LogP) is 2.57. The molecule has 0 atom stereocenters. The van der Waals surface area contributed by atoms with E-state index in [1.54, 1.807) is 36.4 Å². The number of anilines is 1. The molecule has 3 rings (SSSR count). The van der Waals surface area contributed by atoms with Crippen molar-refractivity contribution in [1.29, 1.82) is 0 Å². The molecule has 0 saturated carbocycles. The van der Waals surface area contributed by atoms with E-state index in [-0.39, 0.29) is 12.1 Å². The maximum atomic E-state index is 11.8. The Labute approximate surface area is 127 Å². The van der Waals surface area contributed by atoms with Crippen molar-refractivity contribution in [2.75, 3.05) is 5.73 Å². The predicted molar refractivity (Wildman–Crippen MR) is 83.8 cm³/mol. The number of carbonyl (C=O) groups is 1. The third kappa shape index (κ3) is 2.76. The second kappa shape index (κ2) is 5.48. The summed E-state index contributed by atoms with van der Waals surface area (Å²) in [6, 6.07) is 12.3. The Kier molecular flexibility index (Phi) is 3.50. The topological polar surface area (TPSA) is 83.0 Å². The van der Waals surface area contributed by atoms with Crippen LogP contribution in [-0.2, 0) is 4.74 Å². The first kappa shape index (κ1) is 14.1. The first-order chi connectivity index (χ1) is 10.5. The van der Waals surface area contributed by atoms with E-state index in [1.165, 1.54) is 4.80 Å². The zero-order chi connectivity index (χ0) is 15.7. The Balaban J connectivity index is 1.89. The van der Waals surface area contributed by atoms with E-state index in [4.69, 9.17) is 10.5 Å². The quantitative estimate of drug-likeness (QED) is 0.593. The van der Waals surface area contributed by atoms with Crippen molar-refractivity contribution in [3.8, 4) is 5.69 Å². The van der Waals surface area contributed by atoms with Crippen LogP contribution in [-0.4, -0.2) is 27.1 Å². The van der Waals surface area contributed by atoms with Gasteiger partial charge in [-0.25, -0.2) is 4.79 Å². The molecule has 6 nitrogen and oxygen atoms in total. The van der Waals surface area contributed by atoms with Crippen molar-refractivity contribution in [2.24, 2.45) is 0 Å². The third-order valence-electron chi connectivity index (χ3n) is 3.08. The number of fused-ring (bicyclic) bond motifs is 1. The molecular formula is C16H16N4O2. The third-order valence-corrected chi connectivity index (χ3v) is 3.08. The number of nitrogen functional groups attached to an aromatic ring is 1. The van der Waals surface area contributed by atoms with E-state index in [0.29, 0.717) is 11.3 Å². The molecule has 0 amide bonds. The van der Waals surface area contributed by atoms with Gasteiger partial charge in [0.15, 0.2) is 0 Å². The zero-order valence-corrected chi connectivity index (χ0v) is 12.4. The minimum Gasteiger partial charge on any atom is -0.459 e. The molecule has 1 heterocycles. The number of hydrogen-bond donors (Lipinski definition) is 1. The summed E-state index contributed by atoms with van der Waals surface area (Å²) < 4.78 is 5.15. The van der Waals surface area contributed by atoms with Crippen LogP contribution >= 0.6 is 0 Å². The van der Waals surface area contributed by atoms with Crippen molar-refractivity contribution >= 4 is 22.7 Å². The number of nitrogens with two attached hydrogens (primary N) is 1. The number of benzene rings is 2. The van der Waals surface area contributed by atoms with Gasteiger partial charge in [0.1, 0.15) is 11.0 Å². The maximum absolute atomic E-state index is 11.8. The van der Waals surface area contributed by atoms with Crippen LogP contribution in [0.3, 0.4) is 0 Å². The van der Waals surface area contributed by atoms with Gasteiger partial charge in [-0.2, -0.15) is 4.80 Å².